The molecule has 2 N–H and O–H groups in total. The fourth-order valence-electron chi connectivity index (χ4n) is 1.32. The molecule has 4 nitrogen and oxygen atoms in total. The smallest absolute Gasteiger partial charge is 0.273 e. The van der Waals surface area contributed by atoms with E-state index in [0.717, 1.165) is 11.8 Å². The van der Waals surface area contributed by atoms with E-state index in [1.807, 2.05) is 0 Å². The lowest BCUT2D eigenvalue weighted by molar-refractivity contribution is -0.115. The van der Waals surface area contributed by atoms with Gasteiger partial charge in [-0.3, -0.25) is 14.9 Å². The monoisotopic (exact) mass is 232 g/mol. The summed E-state index contributed by atoms with van der Waals surface area (Å²) in [4.78, 5) is 21.8. The standard InChI is InChI=1S/C11H8N2O2S/c14-6-8-3-1-7(2-4-8)5-9-10(15)13-11(16)12-9/h1-6H,(H2,12,13,15,16)/b9-5-. The van der Waals surface area contributed by atoms with Crippen LogP contribution in [0.3, 0.4) is 0 Å². The lowest BCUT2D eigenvalue weighted by Gasteiger charge is -1.96. The third-order valence-corrected chi connectivity index (χ3v) is 2.31. The second-order valence-electron chi connectivity index (χ2n) is 3.25. The number of hydrogen-bond acceptors (Lipinski definition) is 3. The zero-order chi connectivity index (χ0) is 11.5. The molecule has 0 atom stereocenters. The summed E-state index contributed by atoms with van der Waals surface area (Å²) in [7, 11) is 0. The minimum Gasteiger partial charge on any atom is -0.328 e. The predicted octanol–water partition coefficient (Wildman–Crippen LogP) is 0.844. The van der Waals surface area contributed by atoms with Gasteiger partial charge in [0, 0.05) is 5.56 Å². The summed E-state index contributed by atoms with van der Waals surface area (Å²) >= 11 is 4.80. The summed E-state index contributed by atoms with van der Waals surface area (Å²) < 4.78 is 0. The molecule has 1 saturated heterocycles. The Balaban J connectivity index is 2.25. The fraction of sp³-hybridized carbons (Fsp3) is 0. The maximum Gasteiger partial charge on any atom is 0.273 e. The van der Waals surface area contributed by atoms with E-state index in [1.165, 1.54) is 0 Å². The topological polar surface area (TPSA) is 58.2 Å². The summed E-state index contributed by atoms with van der Waals surface area (Å²) in [6, 6.07) is 6.88. The van der Waals surface area contributed by atoms with Crippen molar-refractivity contribution in [1.82, 2.24) is 10.6 Å². The first kappa shape index (κ1) is 10.5. The highest BCUT2D eigenvalue weighted by Gasteiger charge is 2.19. The van der Waals surface area contributed by atoms with Crippen molar-refractivity contribution in [3.63, 3.8) is 0 Å². The Hall–Kier alpha value is -2.01. The molecule has 0 spiro atoms. The van der Waals surface area contributed by atoms with Gasteiger partial charge in [-0.25, -0.2) is 0 Å². The molecule has 0 aromatic heterocycles. The number of amides is 1. The van der Waals surface area contributed by atoms with Crippen molar-refractivity contribution in [2.24, 2.45) is 0 Å². The Morgan fingerprint density at radius 2 is 1.69 bits per heavy atom. The maximum absolute atomic E-state index is 11.3. The highest BCUT2D eigenvalue weighted by molar-refractivity contribution is 7.80. The number of hydrogen-bond donors (Lipinski definition) is 2. The number of thiocarbonyl (C=S) groups is 1. The van der Waals surface area contributed by atoms with Crippen LogP contribution < -0.4 is 10.6 Å². The van der Waals surface area contributed by atoms with Gasteiger partial charge in [0.25, 0.3) is 5.91 Å². The van der Waals surface area contributed by atoms with Gasteiger partial charge in [-0.1, -0.05) is 24.3 Å². The molecule has 1 fully saturated rings. The molecule has 5 heteroatoms. The van der Waals surface area contributed by atoms with Gasteiger partial charge in [-0.05, 0) is 23.9 Å². The number of carbonyl (C=O) groups excluding carboxylic acids is 2. The molecule has 0 aliphatic carbocycles. The minimum absolute atomic E-state index is 0.246. The maximum atomic E-state index is 11.3. The molecule has 1 heterocycles. The van der Waals surface area contributed by atoms with Gasteiger partial charge in [0.1, 0.15) is 12.0 Å². The van der Waals surface area contributed by atoms with Gasteiger partial charge in [0.15, 0.2) is 5.11 Å². The second kappa shape index (κ2) is 4.24. The van der Waals surface area contributed by atoms with Gasteiger partial charge < -0.3 is 5.32 Å². The summed E-state index contributed by atoms with van der Waals surface area (Å²) in [5, 5.41) is 5.52. The number of nitrogens with one attached hydrogen (secondary N) is 2. The number of carbonyl (C=O) groups is 2. The van der Waals surface area contributed by atoms with Crippen LogP contribution in [0.4, 0.5) is 0 Å². The highest BCUT2D eigenvalue weighted by Crippen LogP contribution is 2.09. The van der Waals surface area contributed by atoms with E-state index in [2.05, 4.69) is 10.6 Å². The first-order valence-electron chi connectivity index (χ1n) is 4.58. The molecule has 0 bridgehead atoms. The van der Waals surface area contributed by atoms with Crippen LogP contribution in [0, 0.1) is 0 Å². The summed E-state index contributed by atoms with van der Waals surface area (Å²) in [5.74, 6) is -0.246. The molecule has 0 radical (unpaired) electrons. The lowest BCUT2D eigenvalue weighted by atomic mass is 10.1. The number of aldehydes is 1. The molecule has 1 aliphatic heterocycles. The van der Waals surface area contributed by atoms with Gasteiger partial charge >= 0.3 is 0 Å². The highest BCUT2D eigenvalue weighted by atomic mass is 32.1. The van der Waals surface area contributed by atoms with E-state index in [9.17, 15) is 9.59 Å². The Morgan fingerprint density at radius 3 is 2.19 bits per heavy atom. The Bertz CT molecular complexity index is 491. The molecule has 16 heavy (non-hydrogen) atoms. The van der Waals surface area contributed by atoms with Crippen LogP contribution >= 0.6 is 12.2 Å². The van der Waals surface area contributed by atoms with Crippen molar-refractivity contribution in [2.45, 2.75) is 0 Å². The molecule has 1 amide bonds. The molecule has 80 valence electrons. The van der Waals surface area contributed by atoms with Crippen molar-refractivity contribution in [1.29, 1.82) is 0 Å². The average Bonchev–Trinajstić information content (AvgIpc) is 2.59. The fourth-order valence-corrected chi connectivity index (χ4v) is 1.52. The van der Waals surface area contributed by atoms with Gasteiger partial charge in [0.05, 0.1) is 0 Å². The minimum atomic E-state index is -0.246. The normalized spacial score (nSPS) is 17.1. The Labute approximate surface area is 97.3 Å². The van der Waals surface area contributed by atoms with Crippen molar-refractivity contribution in [3.05, 3.63) is 41.1 Å². The predicted molar refractivity (Wildman–Crippen MR) is 63.7 cm³/mol. The molecule has 1 aliphatic rings. The number of rotatable bonds is 2. The third-order valence-electron chi connectivity index (χ3n) is 2.10. The zero-order valence-corrected chi connectivity index (χ0v) is 9.01. The zero-order valence-electron chi connectivity index (χ0n) is 8.19. The number of benzene rings is 1. The van der Waals surface area contributed by atoms with Gasteiger partial charge in [-0.2, -0.15) is 0 Å². The summed E-state index contributed by atoms with van der Waals surface area (Å²) in [6.07, 6.45) is 2.44. The molecule has 0 saturated carbocycles. The SMILES string of the molecule is O=Cc1ccc(/C=C2\NC(=S)NC2=O)cc1. The van der Waals surface area contributed by atoms with Gasteiger partial charge in [0.2, 0.25) is 0 Å². The quantitative estimate of drug-likeness (QED) is 0.451. The lowest BCUT2D eigenvalue weighted by Crippen LogP contribution is -2.21. The van der Waals surface area contributed by atoms with Gasteiger partial charge in [-0.15, -0.1) is 0 Å². The summed E-state index contributed by atoms with van der Waals surface area (Å²) in [6.45, 7) is 0. The van der Waals surface area contributed by atoms with E-state index >= 15 is 0 Å². The van der Waals surface area contributed by atoms with E-state index in [0.29, 0.717) is 16.4 Å². The van der Waals surface area contributed by atoms with Crippen LogP contribution in [0.15, 0.2) is 30.0 Å². The first-order chi connectivity index (χ1) is 7.69. The molecule has 1 aromatic carbocycles. The Kier molecular flexibility index (Phi) is 2.78. The third kappa shape index (κ3) is 2.14. The molecule has 2 rings (SSSR count). The van der Waals surface area contributed by atoms with Crippen LogP contribution in [0.2, 0.25) is 0 Å². The van der Waals surface area contributed by atoms with E-state index in [-0.39, 0.29) is 5.91 Å². The van der Waals surface area contributed by atoms with Crippen LogP contribution in [-0.2, 0) is 4.79 Å². The van der Waals surface area contributed by atoms with Crippen LogP contribution in [0.5, 0.6) is 0 Å². The van der Waals surface area contributed by atoms with Crippen LogP contribution in [-0.4, -0.2) is 17.3 Å². The van der Waals surface area contributed by atoms with Crippen molar-refractivity contribution in [2.75, 3.05) is 0 Å². The first-order valence-corrected chi connectivity index (χ1v) is 4.99. The van der Waals surface area contributed by atoms with Crippen LogP contribution in [0.25, 0.3) is 6.08 Å². The Morgan fingerprint density at radius 1 is 1.06 bits per heavy atom. The second-order valence-corrected chi connectivity index (χ2v) is 3.66. The van der Waals surface area contributed by atoms with E-state index in [4.69, 9.17) is 12.2 Å². The average molecular weight is 232 g/mol. The van der Waals surface area contributed by atoms with Crippen LogP contribution in [0.1, 0.15) is 15.9 Å². The summed E-state index contributed by atoms with van der Waals surface area (Å²) in [5.41, 5.74) is 1.83. The van der Waals surface area contributed by atoms with E-state index in [1.54, 1.807) is 30.3 Å². The largest absolute Gasteiger partial charge is 0.328 e. The molecular weight excluding hydrogens is 224 g/mol. The molecular formula is C11H8N2O2S. The molecule has 1 aromatic rings. The van der Waals surface area contributed by atoms with Crippen molar-refractivity contribution >= 4 is 35.6 Å². The van der Waals surface area contributed by atoms with Crippen molar-refractivity contribution in [3.8, 4) is 0 Å². The van der Waals surface area contributed by atoms with E-state index < -0.39 is 0 Å². The molecule has 0 unspecified atom stereocenters. The van der Waals surface area contributed by atoms with Crippen molar-refractivity contribution < 1.29 is 9.59 Å².